The SMILES string of the molecule is CC/C=C\C/C=C\C/C=C\C/C=C\CCCCCCC(=O)OCC(O)COP(=O)(O)OCC(O)COP(=O)(O)OCC(COC(=O)CCCCCCC/C=C\CCCCCC)OC(=O)CCCCCCCCCCCCC. The van der Waals surface area contributed by atoms with E-state index in [4.69, 9.17) is 32.3 Å². The average molecular weight is 1130 g/mol. The van der Waals surface area contributed by atoms with Gasteiger partial charge in [-0.3, -0.25) is 32.5 Å². The van der Waals surface area contributed by atoms with Crippen molar-refractivity contribution in [2.24, 2.45) is 0 Å². The lowest BCUT2D eigenvalue weighted by Gasteiger charge is -2.21. The smallest absolute Gasteiger partial charge is 0.463 e. The molecule has 448 valence electrons. The molecule has 0 aromatic rings. The fourth-order valence-electron chi connectivity index (χ4n) is 7.67. The Morgan fingerprint density at radius 2 is 0.688 bits per heavy atom. The molecule has 4 N–H and O–H groups in total. The van der Waals surface area contributed by atoms with E-state index in [-0.39, 0.29) is 19.3 Å². The molecule has 0 aromatic carbocycles. The molecule has 0 bridgehead atoms. The van der Waals surface area contributed by atoms with Crippen molar-refractivity contribution < 1.29 is 75.8 Å². The fourth-order valence-corrected chi connectivity index (χ4v) is 9.26. The van der Waals surface area contributed by atoms with Crippen LogP contribution >= 0.6 is 15.6 Å². The average Bonchev–Trinajstić information content (AvgIpc) is 3.40. The van der Waals surface area contributed by atoms with Crippen molar-refractivity contribution in [3.8, 4) is 0 Å². The van der Waals surface area contributed by atoms with Gasteiger partial charge >= 0.3 is 33.6 Å². The van der Waals surface area contributed by atoms with Crippen molar-refractivity contribution in [3.05, 3.63) is 60.8 Å². The molecule has 0 saturated heterocycles. The van der Waals surface area contributed by atoms with Gasteiger partial charge in [0.15, 0.2) is 6.10 Å². The highest BCUT2D eigenvalue weighted by Gasteiger charge is 2.29. The number of esters is 3. The molecule has 0 amide bonds. The maximum absolute atomic E-state index is 12.8. The Labute approximate surface area is 465 Å². The van der Waals surface area contributed by atoms with Gasteiger partial charge in [0.05, 0.1) is 26.4 Å². The summed E-state index contributed by atoms with van der Waals surface area (Å²) in [4.78, 5) is 58.0. The van der Waals surface area contributed by atoms with E-state index in [1.54, 1.807) is 0 Å². The number of aliphatic hydroxyl groups excluding tert-OH is 2. The van der Waals surface area contributed by atoms with Gasteiger partial charge < -0.3 is 34.2 Å². The molecule has 5 atom stereocenters. The number of hydrogen-bond donors (Lipinski definition) is 4. The van der Waals surface area contributed by atoms with E-state index in [1.165, 1.54) is 64.2 Å². The van der Waals surface area contributed by atoms with Crippen LogP contribution in [0, 0.1) is 0 Å². The van der Waals surface area contributed by atoms with Crippen molar-refractivity contribution in [3.63, 3.8) is 0 Å². The van der Waals surface area contributed by atoms with Crippen LogP contribution in [0.4, 0.5) is 0 Å². The van der Waals surface area contributed by atoms with Gasteiger partial charge in [-0.15, -0.1) is 0 Å². The molecule has 18 heteroatoms. The minimum Gasteiger partial charge on any atom is -0.463 e. The third-order valence-electron chi connectivity index (χ3n) is 12.2. The van der Waals surface area contributed by atoms with Crippen molar-refractivity contribution in [2.75, 3.05) is 39.6 Å². The van der Waals surface area contributed by atoms with Crippen molar-refractivity contribution >= 4 is 33.6 Å². The van der Waals surface area contributed by atoms with E-state index in [0.717, 1.165) is 116 Å². The lowest BCUT2D eigenvalue weighted by Crippen LogP contribution is -2.30. The highest BCUT2D eigenvalue weighted by Crippen LogP contribution is 2.45. The topological polar surface area (TPSA) is 231 Å². The number of hydrogen-bond acceptors (Lipinski definition) is 14. The van der Waals surface area contributed by atoms with E-state index < -0.39 is 91.5 Å². The summed E-state index contributed by atoms with van der Waals surface area (Å²) in [6.07, 6.45) is 50.1. The van der Waals surface area contributed by atoms with Crippen LogP contribution in [-0.4, -0.2) is 95.9 Å². The number of unbranched alkanes of at least 4 members (excludes halogenated alkanes) is 23. The summed E-state index contributed by atoms with van der Waals surface area (Å²) in [6.45, 7) is 2.47. The number of carbonyl (C=O) groups excluding carboxylic acids is 3. The third-order valence-corrected chi connectivity index (χ3v) is 14.1. The molecule has 77 heavy (non-hydrogen) atoms. The zero-order valence-corrected chi connectivity index (χ0v) is 49.7. The molecule has 0 aliphatic rings. The van der Waals surface area contributed by atoms with E-state index in [0.29, 0.717) is 19.3 Å². The Morgan fingerprint density at radius 3 is 1.12 bits per heavy atom. The van der Waals surface area contributed by atoms with Crippen LogP contribution in [0.2, 0.25) is 0 Å². The van der Waals surface area contributed by atoms with Gasteiger partial charge in [-0.05, 0) is 83.5 Å². The standard InChI is InChI=1S/C59H106O16P2/c1-4-7-10-13-16-19-22-24-25-26-27-29-32-33-36-39-42-45-57(62)69-48-54(60)49-71-76(65,66)72-50-55(61)51-73-77(67,68)74-53-56(75-59(64)47-44-41-38-35-30-21-18-15-12-9-6-3)52-70-58(63)46-43-40-37-34-31-28-23-20-17-14-11-8-5-2/h7,10,16,19-20,23-25,27,29,54-56,60-61H,4-6,8-9,11-15,17-18,21-22,26,28,30-53H2,1-3H3,(H,65,66)(H,67,68)/b10-7-,19-16-,23-20-,25-24-,29-27-. The number of allylic oxidation sites excluding steroid dienone is 10. The van der Waals surface area contributed by atoms with Gasteiger partial charge in [-0.25, -0.2) is 9.13 Å². The number of rotatable bonds is 56. The lowest BCUT2D eigenvalue weighted by molar-refractivity contribution is -0.161. The minimum absolute atomic E-state index is 0.107. The Bertz CT molecular complexity index is 1670. The summed E-state index contributed by atoms with van der Waals surface area (Å²) >= 11 is 0. The van der Waals surface area contributed by atoms with Gasteiger partial charge in [0.2, 0.25) is 0 Å². The van der Waals surface area contributed by atoms with Crippen LogP contribution in [-0.2, 0) is 55.8 Å². The molecule has 16 nitrogen and oxygen atoms in total. The molecule has 0 saturated carbocycles. The summed E-state index contributed by atoms with van der Waals surface area (Å²) in [6, 6.07) is 0. The van der Waals surface area contributed by atoms with Crippen LogP contribution in [0.15, 0.2) is 60.8 Å². The first-order chi connectivity index (χ1) is 37.2. The summed E-state index contributed by atoms with van der Waals surface area (Å²) in [7, 11) is -9.75. The predicted molar refractivity (Wildman–Crippen MR) is 307 cm³/mol. The van der Waals surface area contributed by atoms with Gasteiger partial charge in [-0.1, -0.05) is 197 Å². The number of aliphatic hydroxyl groups is 2. The minimum atomic E-state index is -4.91. The number of ether oxygens (including phenoxy) is 3. The second kappa shape index (κ2) is 53.9. The van der Waals surface area contributed by atoms with E-state index in [1.807, 2.05) is 0 Å². The molecule has 5 unspecified atom stereocenters. The normalized spacial score (nSPS) is 14.9. The number of carbonyl (C=O) groups is 3. The van der Waals surface area contributed by atoms with E-state index >= 15 is 0 Å². The molecule has 0 aliphatic heterocycles. The van der Waals surface area contributed by atoms with Gasteiger partial charge in [0.1, 0.15) is 25.4 Å². The van der Waals surface area contributed by atoms with Crippen molar-refractivity contribution in [1.29, 1.82) is 0 Å². The Kier molecular flexibility index (Phi) is 51.9. The third kappa shape index (κ3) is 55.0. The highest BCUT2D eigenvalue weighted by molar-refractivity contribution is 7.47. The molecule has 0 heterocycles. The maximum Gasteiger partial charge on any atom is 0.472 e. The first-order valence-electron chi connectivity index (χ1n) is 29.6. The van der Waals surface area contributed by atoms with Crippen LogP contribution in [0.25, 0.3) is 0 Å². The van der Waals surface area contributed by atoms with Gasteiger partial charge in [-0.2, -0.15) is 0 Å². The summed E-state index contributed by atoms with van der Waals surface area (Å²) in [5.74, 6) is -1.60. The van der Waals surface area contributed by atoms with Crippen LogP contribution in [0.3, 0.4) is 0 Å². The first-order valence-corrected chi connectivity index (χ1v) is 32.6. The molecule has 0 rings (SSSR count). The molecular formula is C59H106O16P2. The Hall–Kier alpha value is -2.75. The molecule has 0 radical (unpaired) electrons. The summed E-state index contributed by atoms with van der Waals surface area (Å²) in [5, 5.41) is 20.4. The fraction of sp³-hybridized carbons (Fsp3) is 0.780. The molecule has 0 spiro atoms. The van der Waals surface area contributed by atoms with E-state index in [2.05, 4.69) is 81.5 Å². The second-order valence-electron chi connectivity index (χ2n) is 19.8. The summed E-state index contributed by atoms with van der Waals surface area (Å²) < 4.78 is 60.5. The van der Waals surface area contributed by atoms with E-state index in [9.17, 15) is 43.5 Å². The monoisotopic (exact) mass is 1130 g/mol. The zero-order valence-electron chi connectivity index (χ0n) is 47.9. The molecule has 0 fully saturated rings. The second-order valence-corrected chi connectivity index (χ2v) is 22.7. The van der Waals surface area contributed by atoms with Crippen LogP contribution in [0.5, 0.6) is 0 Å². The van der Waals surface area contributed by atoms with Crippen molar-refractivity contribution in [2.45, 2.75) is 257 Å². The summed E-state index contributed by atoms with van der Waals surface area (Å²) in [5.41, 5.74) is 0. The Balaban J connectivity index is 4.64. The molecular weight excluding hydrogens is 1030 g/mol. The van der Waals surface area contributed by atoms with Gasteiger partial charge in [0.25, 0.3) is 0 Å². The van der Waals surface area contributed by atoms with Crippen LogP contribution < -0.4 is 0 Å². The highest BCUT2D eigenvalue weighted by atomic mass is 31.2. The number of phosphoric acid groups is 2. The maximum atomic E-state index is 12.8. The van der Waals surface area contributed by atoms with Crippen LogP contribution in [0.1, 0.15) is 239 Å². The van der Waals surface area contributed by atoms with Gasteiger partial charge in [0, 0.05) is 19.3 Å². The Morgan fingerprint density at radius 1 is 0.377 bits per heavy atom. The quantitative estimate of drug-likeness (QED) is 0.0146. The first kappa shape index (κ1) is 74.2. The lowest BCUT2D eigenvalue weighted by atomic mass is 10.1. The predicted octanol–water partition coefficient (Wildman–Crippen LogP) is 15.1. The molecule has 0 aliphatic carbocycles. The molecule has 0 aromatic heterocycles. The number of phosphoric ester groups is 2. The van der Waals surface area contributed by atoms with Crippen molar-refractivity contribution in [1.82, 2.24) is 0 Å². The zero-order chi connectivity index (χ0) is 56.8. The largest absolute Gasteiger partial charge is 0.472 e.